The number of benzene rings is 3. The maximum atomic E-state index is 13.8. The van der Waals surface area contributed by atoms with Gasteiger partial charge in [-0.3, -0.25) is 9.52 Å². The van der Waals surface area contributed by atoms with Crippen LogP contribution in [0.2, 0.25) is 0 Å². The SMILES string of the molecule is Cc1ccc(S(=O)(=O)Nc2cccc(C(=O)Nc3cccc(OCCCC#N)c3)c2)cc1F. The molecule has 9 heteroatoms. The number of sulfonamides is 1. The van der Waals surface area contributed by atoms with Gasteiger partial charge in [0.1, 0.15) is 11.6 Å². The molecule has 0 heterocycles. The standard InChI is InChI=1S/C24H22FN3O4S/c1-17-10-11-22(16-23(17)25)33(30,31)28-20-8-4-6-18(14-20)24(29)27-19-7-5-9-21(15-19)32-13-3-2-12-26/h4-11,14-16,28H,2-3,13H2,1H3,(H,27,29). The molecule has 0 aliphatic carbocycles. The van der Waals surface area contributed by atoms with Crippen LogP contribution in [-0.2, 0) is 10.0 Å². The van der Waals surface area contributed by atoms with E-state index in [0.717, 1.165) is 6.07 Å². The van der Waals surface area contributed by atoms with E-state index < -0.39 is 21.7 Å². The first-order valence-corrected chi connectivity index (χ1v) is 11.6. The van der Waals surface area contributed by atoms with Gasteiger partial charge in [-0.2, -0.15) is 5.26 Å². The number of anilines is 2. The van der Waals surface area contributed by atoms with Gasteiger partial charge >= 0.3 is 0 Å². The molecule has 7 nitrogen and oxygen atoms in total. The van der Waals surface area contributed by atoms with Crippen molar-refractivity contribution in [3.05, 3.63) is 83.7 Å². The summed E-state index contributed by atoms with van der Waals surface area (Å²) in [6.07, 6.45) is 1.00. The highest BCUT2D eigenvalue weighted by Gasteiger charge is 2.17. The molecule has 3 aromatic carbocycles. The number of nitrogens with one attached hydrogen (secondary N) is 2. The number of halogens is 1. The van der Waals surface area contributed by atoms with Crippen LogP contribution in [0.5, 0.6) is 5.75 Å². The first-order valence-electron chi connectivity index (χ1n) is 10.1. The van der Waals surface area contributed by atoms with Gasteiger partial charge < -0.3 is 10.1 Å². The van der Waals surface area contributed by atoms with Crippen molar-refractivity contribution in [2.75, 3.05) is 16.6 Å². The number of unbranched alkanes of at least 4 members (excludes halogenated alkanes) is 1. The molecule has 33 heavy (non-hydrogen) atoms. The Morgan fingerprint density at radius 2 is 1.82 bits per heavy atom. The molecule has 0 radical (unpaired) electrons. The average Bonchev–Trinajstić information content (AvgIpc) is 2.78. The third kappa shape index (κ3) is 6.54. The summed E-state index contributed by atoms with van der Waals surface area (Å²) in [6, 6.07) is 18.5. The predicted octanol–water partition coefficient (Wildman–Crippen LogP) is 4.87. The Bertz CT molecular complexity index is 1300. The lowest BCUT2D eigenvalue weighted by atomic mass is 10.2. The third-order valence-corrected chi connectivity index (χ3v) is 6.00. The van der Waals surface area contributed by atoms with Crippen molar-refractivity contribution in [1.82, 2.24) is 0 Å². The largest absolute Gasteiger partial charge is 0.493 e. The fourth-order valence-electron chi connectivity index (χ4n) is 2.89. The van der Waals surface area contributed by atoms with Crippen molar-refractivity contribution in [2.45, 2.75) is 24.7 Å². The number of nitriles is 1. The van der Waals surface area contributed by atoms with Gasteiger partial charge in [-0.15, -0.1) is 0 Å². The van der Waals surface area contributed by atoms with Gasteiger partial charge in [-0.1, -0.05) is 18.2 Å². The zero-order valence-corrected chi connectivity index (χ0v) is 18.7. The summed E-state index contributed by atoms with van der Waals surface area (Å²) in [5, 5.41) is 11.3. The summed E-state index contributed by atoms with van der Waals surface area (Å²) >= 11 is 0. The summed E-state index contributed by atoms with van der Waals surface area (Å²) < 4.78 is 46.9. The van der Waals surface area contributed by atoms with E-state index in [1.165, 1.54) is 37.3 Å². The fourth-order valence-corrected chi connectivity index (χ4v) is 3.95. The molecular formula is C24H22FN3O4S. The predicted molar refractivity (Wildman–Crippen MR) is 123 cm³/mol. The lowest BCUT2D eigenvalue weighted by Gasteiger charge is -2.11. The van der Waals surface area contributed by atoms with Crippen LogP contribution in [-0.4, -0.2) is 20.9 Å². The second-order valence-electron chi connectivity index (χ2n) is 7.19. The minimum atomic E-state index is -4.03. The summed E-state index contributed by atoms with van der Waals surface area (Å²) in [5.41, 5.74) is 1.23. The van der Waals surface area contributed by atoms with Crippen molar-refractivity contribution < 1.29 is 22.3 Å². The van der Waals surface area contributed by atoms with Gasteiger partial charge in [0, 0.05) is 29.4 Å². The summed E-state index contributed by atoms with van der Waals surface area (Å²) in [5.74, 6) is -0.515. The van der Waals surface area contributed by atoms with E-state index in [4.69, 9.17) is 10.00 Å². The van der Waals surface area contributed by atoms with E-state index in [9.17, 15) is 17.6 Å². The topological polar surface area (TPSA) is 108 Å². The maximum Gasteiger partial charge on any atom is 0.261 e. The Morgan fingerprint density at radius 3 is 2.58 bits per heavy atom. The quantitative estimate of drug-likeness (QED) is 0.437. The first-order chi connectivity index (χ1) is 15.8. The van der Waals surface area contributed by atoms with E-state index in [1.54, 1.807) is 30.3 Å². The minimum Gasteiger partial charge on any atom is -0.493 e. The number of hydrogen-bond donors (Lipinski definition) is 2. The highest BCUT2D eigenvalue weighted by molar-refractivity contribution is 7.92. The van der Waals surface area contributed by atoms with Gasteiger partial charge in [-0.25, -0.2) is 12.8 Å². The molecule has 3 aromatic rings. The number of carbonyl (C=O) groups excluding carboxylic acids is 1. The smallest absolute Gasteiger partial charge is 0.261 e. The highest BCUT2D eigenvalue weighted by atomic mass is 32.2. The Labute approximate surface area is 191 Å². The van der Waals surface area contributed by atoms with Gasteiger partial charge in [-0.05, 0) is 61.4 Å². The number of aryl methyl sites for hydroxylation is 1. The normalized spacial score (nSPS) is 10.8. The van der Waals surface area contributed by atoms with Crippen LogP contribution in [0.25, 0.3) is 0 Å². The molecule has 0 unspecified atom stereocenters. The van der Waals surface area contributed by atoms with Crippen molar-refractivity contribution >= 4 is 27.3 Å². The lowest BCUT2D eigenvalue weighted by molar-refractivity contribution is 0.102. The van der Waals surface area contributed by atoms with E-state index in [2.05, 4.69) is 10.0 Å². The Hall–Kier alpha value is -3.90. The van der Waals surface area contributed by atoms with Gasteiger partial charge in [0.15, 0.2) is 0 Å². The number of rotatable bonds is 9. The molecule has 0 aliphatic rings. The number of amides is 1. The summed E-state index contributed by atoms with van der Waals surface area (Å²) in [6.45, 7) is 1.93. The van der Waals surface area contributed by atoms with Gasteiger partial charge in [0.2, 0.25) is 0 Å². The Kier molecular flexibility index (Phi) is 7.64. The molecule has 1 amide bonds. The lowest BCUT2D eigenvalue weighted by Crippen LogP contribution is -2.15. The Morgan fingerprint density at radius 1 is 1.06 bits per heavy atom. The third-order valence-electron chi connectivity index (χ3n) is 4.62. The molecule has 0 atom stereocenters. The van der Waals surface area contributed by atoms with Crippen LogP contribution in [0, 0.1) is 24.1 Å². The highest BCUT2D eigenvalue weighted by Crippen LogP contribution is 2.21. The molecule has 0 bridgehead atoms. The minimum absolute atomic E-state index is 0.165. The zero-order valence-electron chi connectivity index (χ0n) is 17.8. The van der Waals surface area contributed by atoms with Crippen LogP contribution in [0.4, 0.5) is 15.8 Å². The maximum absolute atomic E-state index is 13.8. The second-order valence-corrected chi connectivity index (χ2v) is 8.87. The molecule has 170 valence electrons. The van der Waals surface area contributed by atoms with Gasteiger partial charge in [0.05, 0.1) is 17.6 Å². The molecule has 0 fully saturated rings. The molecule has 0 saturated carbocycles. The molecule has 3 rings (SSSR count). The van der Waals surface area contributed by atoms with Crippen LogP contribution < -0.4 is 14.8 Å². The number of nitrogens with zero attached hydrogens (tertiary/aromatic N) is 1. The van der Waals surface area contributed by atoms with E-state index in [1.807, 2.05) is 6.07 Å². The average molecular weight is 468 g/mol. The molecule has 0 aromatic heterocycles. The van der Waals surface area contributed by atoms with Crippen molar-refractivity contribution in [3.63, 3.8) is 0 Å². The summed E-state index contributed by atoms with van der Waals surface area (Å²) in [7, 11) is -4.03. The monoisotopic (exact) mass is 467 g/mol. The molecule has 2 N–H and O–H groups in total. The molecule has 0 saturated heterocycles. The first kappa shape index (κ1) is 23.8. The Balaban J connectivity index is 1.70. The van der Waals surface area contributed by atoms with Crippen LogP contribution >= 0.6 is 0 Å². The fraction of sp³-hybridized carbons (Fsp3) is 0.167. The molecule has 0 spiro atoms. The van der Waals surface area contributed by atoms with Crippen molar-refractivity contribution in [2.24, 2.45) is 0 Å². The van der Waals surface area contributed by atoms with Crippen LogP contribution in [0.3, 0.4) is 0 Å². The van der Waals surface area contributed by atoms with E-state index >= 15 is 0 Å². The van der Waals surface area contributed by atoms with Crippen LogP contribution in [0.15, 0.2) is 71.6 Å². The van der Waals surface area contributed by atoms with E-state index in [-0.39, 0.29) is 16.1 Å². The number of ether oxygens (including phenoxy) is 1. The second kappa shape index (κ2) is 10.6. The van der Waals surface area contributed by atoms with Crippen molar-refractivity contribution in [3.8, 4) is 11.8 Å². The number of hydrogen-bond acceptors (Lipinski definition) is 5. The van der Waals surface area contributed by atoms with Crippen LogP contribution in [0.1, 0.15) is 28.8 Å². The molecular weight excluding hydrogens is 445 g/mol. The number of carbonyl (C=O) groups is 1. The zero-order chi connectivity index (χ0) is 23.8. The van der Waals surface area contributed by atoms with Crippen molar-refractivity contribution in [1.29, 1.82) is 5.26 Å². The van der Waals surface area contributed by atoms with E-state index in [0.29, 0.717) is 36.4 Å². The van der Waals surface area contributed by atoms with Gasteiger partial charge in [0.25, 0.3) is 15.9 Å². The molecule has 0 aliphatic heterocycles. The summed E-state index contributed by atoms with van der Waals surface area (Å²) in [4.78, 5) is 12.5.